The highest BCUT2D eigenvalue weighted by molar-refractivity contribution is 8.00. The van der Waals surface area contributed by atoms with Crippen molar-refractivity contribution >= 4 is 34.4 Å². The Balaban J connectivity index is 1.85. The monoisotopic (exact) mass is 374 g/mol. The minimum absolute atomic E-state index is 0.0441. The zero-order valence-corrected chi connectivity index (χ0v) is 14.8. The molecule has 2 heterocycles. The number of benzene rings is 1. The maximum atomic E-state index is 12.9. The fourth-order valence-corrected chi connectivity index (χ4v) is 3.29. The van der Waals surface area contributed by atoms with Gasteiger partial charge in [-0.3, -0.25) is 18.7 Å². The van der Waals surface area contributed by atoms with E-state index < -0.39 is 11.2 Å². The summed E-state index contributed by atoms with van der Waals surface area (Å²) < 4.78 is 15.2. The first-order chi connectivity index (χ1) is 12.4. The molecule has 1 N–H and O–H groups in total. The Morgan fingerprint density at radius 1 is 1.15 bits per heavy atom. The maximum absolute atomic E-state index is 12.9. The topological polar surface area (TPSA) is 86.0 Å². The zero-order chi connectivity index (χ0) is 18.8. The number of carbonyl (C=O) groups excluding carboxylic acids is 1. The van der Waals surface area contributed by atoms with Crippen LogP contribution >= 0.6 is 11.8 Å². The van der Waals surface area contributed by atoms with Gasteiger partial charge >= 0.3 is 5.69 Å². The van der Waals surface area contributed by atoms with E-state index in [0.29, 0.717) is 10.6 Å². The van der Waals surface area contributed by atoms with Crippen LogP contribution in [0.25, 0.3) is 11.0 Å². The molecule has 1 aromatic carbocycles. The average molecular weight is 374 g/mol. The highest BCUT2D eigenvalue weighted by Gasteiger charge is 2.14. The van der Waals surface area contributed by atoms with Crippen LogP contribution in [0.1, 0.15) is 0 Å². The van der Waals surface area contributed by atoms with E-state index in [0.717, 1.165) is 16.3 Å². The molecule has 3 rings (SSSR count). The molecule has 0 radical (unpaired) electrons. The fraction of sp³-hybridized carbons (Fsp3) is 0.176. The Labute approximate surface area is 151 Å². The molecular formula is C17H15FN4O3S. The number of aryl methyl sites for hydroxylation is 1. The second kappa shape index (κ2) is 7.12. The van der Waals surface area contributed by atoms with E-state index in [1.807, 2.05) is 0 Å². The van der Waals surface area contributed by atoms with Gasteiger partial charge in [-0.1, -0.05) is 0 Å². The van der Waals surface area contributed by atoms with E-state index in [9.17, 15) is 18.8 Å². The van der Waals surface area contributed by atoms with Gasteiger partial charge in [0.25, 0.3) is 5.56 Å². The smallest absolute Gasteiger partial charge is 0.325 e. The summed E-state index contributed by atoms with van der Waals surface area (Å²) in [6.07, 6.45) is 1.49. The molecule has 0 unspecified atom stereocenters. The molecule has 7 nitrogen and oxygen atoms in total. The molecule has 2 aromatic heterocycles. The molecule has 0 spiro atoms. The molecular weight excluding hydrogens is 359 g/mol. The van der Waals surface area contributed by atoms with Crippen molar-refractivity contribution in [3.63, 3.8) is 0 Å². The maximum Gasteiger partial charge on any atom is 0.332 e. The first kappa shape index (κ1) is 17.9. The summed E-state index contributed by atoms with van der Waals surface area (Å²) in [7, 11) is 2.93. The van der Waals surface area contributed by atoms with Crippen LogP contribution in [0.5, 0.6) is 0 Å². The van der Waals surface area contributed by atoms with Gasteiger partial charge in [0.1, 0.15) is 11.5 Å². The predicted molar refractivity (Wildman–Crippen MR) is 98.0 cm³/mol. The molecule has 1 amide bonds. The van der Waals surface area contributed by atoms with E-state index in [1.165, 1.54) is 49.1 Å². The predicted octanol–water partition coefficient (Wildman–Crippen LogP) is 1.50. The Hall–Kier alpha value is -2.94. The molecule has 0 saturated heterocycles. The molecule has 0 aliphatic heterocycles. The largest absolute Gasteiger partial charge is 0.332 e. The molecule has 9 heteroatoms. The molecule has 3 aromatic rings. The number of fused-ring (bicyclic) bond motifs is 1. The number of aromatic nitrogens is 3. The number of carbonyl (C=O) groups is 1. The van der Waals surface area contributed by atoms with E-state index in [-0.39, 0.29) is 28.5 Å². The normalized spacial score (nSPS) is 10.9. The summed E-state index contributed by atoms with van der Waals surface area (Å²) in [6, 6.07) is 7.06. The van der Waals surface area contributed by atoms with E-state index in [4.69, 9.17) is 0 Å². The number of thioether (sulfide) groups is 1. The van der Waals surface area contributed by atoms with Crippen LogP contribution in [0.2, 0.25) is 0 Å². The SMILES string of the molecule is Cn1c(=O)c2c(SCC(=O)Nc3ccc(F)cc3)ccnc2n(C)c1=O. The minimum atomic E-state index is -0.466. The van der Waals surface area contributed by atoms with Crippen LogP contribution in [0.15, 0.2) is 51.0 Å². The van der Waals surface area contributed by atoms with Crippen LogP contribution in [-0.4, -0.2) is 25.8 Å². The molecule has 0 bridgehead atoms. The van der Waals surface area contributed by atoms with Crippen LogP contribution in [0, 0.1) is 5.82 Å². The van der Waals surface area contributed by atoms with Gasteiger partial charge in [0, 0.05) is 30.9 Å². The van der Waals surface area contributed by atoms with Crippen molar-refractivity contribution in [2.45, 2.75) is 4.90 Å². The van der Waals surface area contributed by atoms with Gasteiger partial charge < -0.3 is 5.32 Å². The number of nitrogens with one attached hydrogen (secondary N) is 1. The molecule has 0 saturated carbocycles. The number of rotatable bonds is 4. The van der Waals surface area contributed by atoms with Crippen LogP contribution < -0.4 is 16.6 Å². The van der Waals surface area contributed by atoms with Gasteiger partial charge in [-0.05, 0) is 30.3 Å². The fourth-order valence-electron chi connectivity index (χ4n) is 2.45. The molecule has 134 valence electrons. The molecule has 0 aliphatic carbocycles. The quantitative estimate of drug-likeness (QED) is 0.700. The summed E-state index contributed by atoms with van der Waals surface area (Å²) in [4.78, 5) is 41.2. The van der Waals surface area contributed by atoms with Crippen LogP contribution in [0.4, 0.5) is 10.1 Å². The lowest BCUT2D eigenvalue weighted by Gasteiger charge is -2.10. The van der Waals surface area contributed by atoms with E-state index >= 15 is 0 Å². The van der Waals surface area contributed by atoms with Crippen molar-refractivity contribution in [1.82, 2.24) is 14.1 Å². The summed E-state index contributed by atoms with van der Waals surface area (Å²) in [5.41, 5.74) is -0.180. The molecule has 0 aliphatic rings. The number of hydrogen-bond acceptors (Lipinski definition) is 5. The van der Waals surface area contributed by atoms with Gasteiger partial charge in [0.2, 0.25) is 5.91 Å². The van der Waals surface area contributed by atoms with Crippen LogP contribution in [-0.2, 0) is 18.9 Å². The lowest BCUT2D eigenvalue weighted by atomic mass is 10.3. The molecule has 0 atom stereocenters. The lowest BCUT2D eigenvalue weighted by Crippen LogP contribution is -2.37. The minimum Gasteiger partial charge on any atom is -0.325 e. The first-order valence-corrected chi connectivity index (χ1v) is 8.60. The Morgan fingerprint density at radius 3 is 2.54 bits per heavy atom. The first-order valence-electron chi connectivity index (χ1n) is 7.61. The zero-order valence-electron chi connectivity index (χ0n) is 14.0. The third kappa shape index (κ3) is 3.38. The summed E-state index contributed by atoms with van der Waals surface area (Å²) in [5.74, 6) is -0.641. The number of anilines is 1. The highest BCUT2D eigenvalue weighted by atomic mass is 32.2. The summed E-state index contributed by atoms with van der Waals surface area (Å²) >= 11 is 1.16. The van der Waals surface area contributed by atoms with Gasteiger partial charge in [-0.2, -0.15) is 0 Å². The number of halogens is 1. The number of amides is 1. The van der Waals surface area contributed by atoms with Crippen molar-refractivity contribution in [1.29, 1.82) is 0 Å². The molecule has 26 heavy (non-hydrogen) atoms. The van der Waals surface area contributed by atoms with Gasteiger partial charge in [0.15, 0.2) is 0 Å². The van der Waals surface area contributed by atoms with Gasteiger partial charge in [0.05, 0.1) is 11.1 Å². The van der Waals surface area contributed by atoms with Crippen molar-refractivity contribution in [2.75, 3.05) is 11.1 Å². The van der Waals surface area contributed by atoms with E-state index in [2.05, 4.69) is 10.3 Å². The van der Waals surface area contributed by atoms with Gasteiger partial charge in [-0.15, -0.1) is 11.8 Å². The highest BCUT2D eigenvalue weighted by Crippen LogP contribution is 2.23. The Bertz CT molecular complexity index is 1110. The van der Waals surface area contributed by atoms with Crippen molar-refractivity contribution in [2.24, 2.45) is 14.1 Å². The third-order valence-corrected chi connectivity index (χ3v) is 4.85. The number of pyridine rings is 1. The Kier molecular flexibility index (Phi) is 4.90. The summed E-state index contributed by atoms with van der Waals surface area (Å²) in [5, 5.41) is 2.94. The number of nitrogens with zero attached hydrogens (tertiary/aromatic N) is 3. The van der Waals surface area contributed by atoms with Crippen molar-refractivity contribution in [3.8, 4) is 0 Å². The van der Waals surface area contributed by atoms with E-state index in [1.54, 1.807) is 6.07 Å². The second-order valence-corrected chi connectivity index (χ2v) is 6.57. The lowest BCUT2D eigenvalue weighted by molar-refractivity contribution is -0.113. The Morgan fingerprint density at radius 2 is 1.85 bits per heavy atom. The standard InChI is InChI=1S/C17H15FN4O3S/c1-21-15-14(16(24)22(2)17(21)25)12(7-8-19-15)26-9-13(23)20-11-5-3-10(18)4-6-11/h3-8H,9H2,1-2H3,(H,20,23). The van der Waals surface area contributed by atoms with Crippen molar-refractivity contribution < 1.29 is 9.18 Å². The van der Waals surface area contributed by atoms with Crippen LogP contribution in [0.3, 0.4) is 0 Å². The third-order valence-electron chi connectivity index (χ3n) is 3.79. The van der Waals surface area contributed by atoms with Crippen molar-refractivity contribution in [3.05, 3.63) is 63.2 Å². The second-order valence-electron chi connectivity index (χ2n) is 5.56. The average Bonchev–Trinajstić information content (AvgIpc) is 2.64. The van der Waals surface area contributed by atoms with Gasteiger partial charge in [-0.25, -0.2) is 14.2 Å². The number of hydrogen-bond donors (Lipinski definition) is 1. The summed E-state index contributed by atoms with van der Waals surface area (Å²) in [6.45, 7) is 0. The molecule has 0 fully saturated rings.